The highest BCUT2D eigenvalue weighted by molar-refractivity contribution is 7.15. The molecule has 0 saturated heterocycles. The molecule has 1 N–H and O–H groups in total. The van der Waals surface area contributed by atoms with Gasteiger partial charge in [-0.05, 0) is 31.6 Å². The van der Waals surface area contributed by atoms with E-state index >= 15 is 0 Å². The number of thiazole rings is 1. The number of aromatic nitrogens is 3. The number of fused-ring (bicyclic) bond motifs is 1. The van der Waals surface area contributed by atoms with Crippen molar-refractivity contribution in [3.05, 3.63) is 46.8 Å². The number of nitrogens with zero attached hydrogens (tertiary/aromatic N) is 3. The maximum Gasteiger partial charge on any atom is 0.226 e. The van der Waals surface area contributed by atoms with Gasteiger partial charge in [-0.15, -0.1) is 11.3 Å². The maximum absolute atomic E-state index is 12.2. The summed E-state index contributed by atoms with van der Waals surface area (Å²) >= 11 is 1.61. The van der Waals surface area contributed by atoms with Crippen LogP contribution in [0.15, 0.2) is 34.9 Å². The van der Waals surface area contributed by atoms with Gasteiger partial charge in [0.25, 0.3) is 0 Å². The topological polar surface area (TPSA) is 80.9 Å². The number of rotatable bonds is 6. The van der Waals surface area contributed by atoms with Crippen LogP contribution in [0.25, 0.3) is 11.4 Å². The van der Waals surface area contributed by atoms with E-state index in [2.05, 4.69) is 27.4 Å². The number of carbonyl (C=O) groups excluding carboxylic acids is 1. The van der Waals surface area contributed by atoms with Crippen molar-refractivity contribution >= 4 is 22.4 Å². The van der Waals surface area contributed by atoms with Crippen molar-refractivity contribution in [2.45, 2.75) is 45.4 Å². The molecule has 2 heterocycles. The van der Waals surface area contributed by atoms with Crippen molar-refractivity contribution in [1.29, 1.82) is 0 Å². The minimum atomic E-state index is -0.0167. The fraction of sp³-hybridized carbons (Fsp3) is 0.400. The van der Waals surface area contributed by atoms with Crippen molar-refractivity contribution in [2.24, 2.45) is 5.92 Å². The van der Waals surface area contributed by atoms with Crippen LogP contribution >= 0.6 is 11.3 Å². The smallest absolute Gasteiger partial charge is 0.226 e. The molecule has 7 heteroatoms. The van der Waals surface area contributed by atoms with Gasteiger partial charge < -0.3 is 9.84 Å². The Labute approximate surface area is 162 Å². The number of benzene rings is 1. The van der Waals surface area contributed by atoms with Gasteiger partial charge in [-0.3, -0.25) is 4.79 Å². The van der Waals surface area contributed by atoms with E-state index in [1.54, 1.807) is 11.3 Å². The van der Waals surface area contributed by atoms with Gasteiger partial charge in [-0.25, -0.2) is 4.98 Å². The minimum Gasteiger partial charge on any atom is -0.339 e. The van der Waals surface area contributed by atoms with Crippen LogP contribution < -0.4 is 5.32 Å². The first-order valence-corrected chi connectivity index (χ1v) is 10.2. The Morgan fingerprint density at radius 1 is 1.30 bits per heavy atom. The molecular weight excluding hydrogens is 360 g/mol. The lowest BCUT2D eigenvalue weighted by Gasteiger charge is -2.15. The Bertz CT molecular complexity index is 919. The molecule has 1 unspecified atom stereocenters. The molecule has 3 aromatic rings. The Morgan fingerprint density at radius 3 is 3.00 bits per heavy atom. The Morgan fingerprint density at radius 2 is 2.15 bits per heavy atom. The summed E-state index contributed by atoms with van der Waals surface area (Å²) in [6.45, 7) is 2.27. The molecule has 0 saturated carbocycles. The largest absolute Gasteiger partial charge is 0.339 e. The van der Waals surface area contributed by atoms with Crippen LogP contribution in [-0.2, 0) is 24.1 Å². The van der Waals surface area contributed by atoms with Crippen molar-refractivity contribution in [3.63, 3.8) is 0 Å². The zero-order valence-corrected chi connectivity index (χ0v) is 16.1. The zero-order valence-electron chi connectivity index (χ0n) is 15.3. The second-order valence-electron chi connectivity index (χ2n) is 7.02. The van der Waals surface area contributed by atoms with E-state index in [1.165, 1.54) is 11.3 Å². The van der Waals surface area contributed by atoms with Gasteiger partial charge in [0.2, 0.25) is 17.6 Å². The summed E-state index contributed by atoms with van der Waals surface area (Å²) in [5.41, 5.74) is 2.08. The second-order valence-corrected chi connectivity index (χ2v) is 8.10. The molecule has 1 aliphatic rings. The Kier molecular flexibility index (Phi) is 5.29. The fourth-order valence-electron chi connectivity index (χ4n) is 3.24. The molecule has 1 amide bonds. The van der Waals surface area contributed by atoms with Crippen LogP contribution in [0, 0.1) is 5.92 Å². The molecule has 0 aliphatic heterocycles. The number of hydrogen-bond acceptors (Lipinski definition) is 6. The third-order valence-corrected chi connectivity index (χ3v) is 5.76. The summed E-state index contributed by atoms with van der Waals surface area (Å²) < 4.78 is 5.28. The molecule has 1 atom stereocenters. The molecule has 2 aromatic heterocycles. The van der Waals surface area contributed by atoms with E-state index in [0.29, 0.717) is 36.9 Å². The predicted octanol–water partition coefficient (Wildman–Crippen LogP) is 4.28. The highest BCUT2D eigenvalue weighted by atomic mass is 32.1. The molecule has 140 valence electrons. The molecule has 0 fully saturated rings. The molecule has 1 aromatic carbocycles. The lowest BCUT2D eigenvalue weighted by atomic mass is 9.93. The molecule has 0 bridgehead atoms. The monoisotopic (exact) mass is 382 g/mol. The van der Waals surface area contributed by atoms with Gasteiger partial charge in [0.15, 0.2) is 5.13 Å². The van der Waals surface area contributed by atoms with Crippen LogP contribution in [0.2, 0.25) is 0 Å². The summed E-state index contributed by atoms with van der Waals surface area (Å²) in [4.78, 5) is 22.5. The van der Waals surface area contributed by atoms with Crippen LogP contribution in [0.5, 0.6) is 0 Å². The second kappa shape index (κ2) is 8.00. The van der Waals surface area contributed by atoms with Crippen molar-refractivity contribution in [1.82, 2.24) is 15.1 Å². The first kappa shape index (κ1) is 17.9. The van der Waals surface area contributed by atoms with Crippen LogP contribution in [0.3, 0.4) is 0 Å². The number of amides is 1. The van der Waals surface area contributed by atoms with Crippen LogP contribution in [0.4, 0.5) is 5.13 Å². The molecule has 4 rings (SSSR count). The summed E-state index contributed by atoms with van der Waals surface area (Å²) in [7, 11) is 0. The van der Waals surface area contributed by atoms with E-state index in [0.717, 1.165) is 29.2 Å². The predicted molar refractivity (Wildman–Crippen MR) is 105 cm³/mol. The van der Waals surface area contributed by atoms with Crippen molar-refractivity contribution in [2.75, 3.05) is 5.32 Å². The van der Waals surface area contributed by atoms with Gasteiger partial charge in [0.05, 0.1) is 5.69 Å². The minimum absolute atomic E-state index is 0.0167. The molecule has 27 heavy (non-hydrogen) atoms. The molecule has 0 radical (unpaired) electrons. The summed E-state index contributed by atoms with van der Waals surface area (Å²) in [6.07, 6.45) is 4.92. The fourth-order valence-corrected chi connectivity index (χ4v) is 4.42. The van der Waals surface area contributed by atoms with Gasteiger partial charge in [0.1, 0.15) is 0 Å². The summed E-state index contributed by atoms with van der Waals surface area (Å²) in [5, 5.41) is 7.66. The number of carbonyl (C=O) groups is 1. The third kappa shape index (κ3) is 4.42. The highest BCUT2D eigenvalue weighted by Crippen LogP contribution is 2.32. The average molecular weight is 382 g/mol. The number of anilines is 1. The average Bonchev–Trinajstić information content (AvgIpc) is 3.28. The lowest BCUT2D eigenvalue weighted by Crippen LogP contribution is -2.11. The van der Waals surface area contributed by atoms with Gasteiger partial charge in [-0.1, -0.05) is 42.4 Å². The molecule has 6 nitrogen and oxygen atoms in total. The van der Waals surface area contributed by atoms with Gasteiger partial charge in [0, 0.05) is 23.3 Å². The Hall–Kier alpha value is -2.54. The van der Waals surface area contributed by atoms with Crippen molar-refractivity contribution in [3.8, 4) is 11.4 Å². The van der Waals surface area contributed by atoms with Gasteiger partial charge in [-0.2, -0.15) is 4.98 Å². The van der Waals surface area contributed by atoms with Gasteiger partial charge >= 0.3 is 0 Å². The molecular formula is C20H22N4O2S. The van der Waals surface area contributed by atoms with E-state index in [4.69, 9.17) is 4.52 Å². The van der Waals surface area contributed by atoms with Crippen LogP contribution in [0.1, 0.15) is 42.6 Å². The van der Waals surface area contributed by atoms with E-state index in [1.807, 2.05) is 30.3 Å². The van der Waals surface area contributed by atoms with E-state index in [9.17, 15) is 4.79 Å². The number of nitrogens with one attached hydrogen (secondary N) is 1. The number of aryl methyl sites for hydroxylation is 2. The highest BCUT2D eigenvalue weighted by Gasteiger charge is 2.20. The standard InChI is InChI=1S/C20H22N4O2S/c1-13-10-11-15-16(12-13)27-20(21-15)22-17(25)8-5-9-18-23-19(24-26-18)14-6-3-2-4-7-14/h2-4,6-7,13H,5,8-12H2,1H3,(H,21,22,25). The number of hydrogen-bond donors (Lipinski definition) is 1. The first-order chi connectivity index (χ1) is 13.2. The Balaban J connectivity index is 1.26. The summed E-state index contributed by atoms with van der Waals surface area (Å²) in [6, 6.07) is 9.70. The molecule has 0 spiro atoms. The van der Waals surface area contributed by atoms with E-state index in [-0.39, 0.29) is 5.91 Å². The quantitative estimate of drug-likeness (QED) is 0.688. The maximum atomic E-state index is 12.2. The molecule has 1 aliphatic carbocycles. The SMILES string of the molecule is CC1CCc2nc(NC(=O)CCCc3nc(-c4ccccc4)no3)sc2C1. The lowest BCUT2D eigenvalue weighted by molar-refractivity contribution is -0.116. The normalized spacial score (nSPS) is 16.1. The first-order valence-electron chi connectivity index (χ1n) is 9.34. The zero-order chi connectivity index (χ0) is 18.6. The summed E-state index contributed by atoms with van der Waals surface area (Å²) in [5.74, 6) is 1.83. The van der Waals surface area contributed by atoms with Crippen molar-refractivity contribution < 1.29 is 9.32 Å². The van der Waals surface area contributed by atoms with E-state index < -0.39 is 0 Å². The van der Waals surface area contributed by atoms with Crippen LogP contribution in [-0.4, -0.2) is 21.0 Å². The third-order valence-electron chi connectivity index (χ3n) is 4.73.